The van der Waals surface area contributed by atoms with Gasteiger partial charge in [-0.2, -0.15) is 10.3 Å². The predicted octanol–water partition coefficient (Wildman–Crippen LogP) is 5.09. The summed E-state index contributed by atoms with van der Waals surface area (Å²) in [4.78, 5) is 7.57. The van der Waals surface area contributed by atoms with Gasteiger partial charge < -0.3 is 9.64 Å². The zero-order valence-corrected chi connectivity index (χ0v) is 15.8. The molecule has 1 saturated heterocycles. The van der Waals surface area contributed by atoms with Gasteiger partial charge in [0.1, 0.15) is 6.61 Å². The van der Waals surface area contributed by atoms with Crippen molar-refractivity contribution in [2.24, 2.45) is 4.99 Å². The number of hydrogen-bond donors (Lipinski definition) is 0. The fraction of sp³-hybridized carbons (Fsp3) is 0.636. The van der Waals surface area contributed by atoms with Gasteiger partial charge >= 0.3 is 0 Å². The molecule has 0 amide bonds. The van der Waals surface area contributed by atoms with Crippen LogP contribution < -0.4 is 0 Å². The van der Waals surface area contributed by atoms with Crippen molar-refractivity contribution < 1.29 is 4.74 Å². The zero-order valence-electron chi connectivity index (χ0n) is 15.8. The average Bonchev–Trinajstić information content (AvgIpc) is 3.30. The first-order valence-corrected chi connectivity index (χ1v) is 10.3. The molecule has 26 heavy (non-hydrogen) atoms. The fourth-order valence-corrected chi connectivity index (χ4v) is 5.08. The van der Waals surface area contributed by atoms with Gasteiger partial charge in [0.25, 0.3) is 6.02 Å². The molecule has 2 aliphatic carbocycles. The molecule has 1 aromatic rings. The maximum Gasteiger partial charge on any atom is 0.293 e. The maximum absolute atomic E-state index is 9.17. The summed E-state index contributed by atoms with van der Waals surface area (Å²) in [5.74, 6) is 0. The van der Waals surface area contributed by atoms with Crippen LogP contribution in [0.4, 0.5) is 5.69 Å². The largest absolute Gasteiger partial charge is 0.462 e. The first-order valence-electron chi connectivity index (χ1n) is 10.3. The number of benzene rings is 1. The molecule has 2 saturated carbocycles. The Kier molecular flexibility index (Phi) is 4.89. The van der Waals surface area contributed by atoms with Crippen LogP contribution in [0.1, 0.15) is 75.8 Å². The first kappa shape index (κ1) is 17.4. The third-order valence-electron chi connectivity index (χ3n) is 6.47. The summed E-state index contributed by atoms with van der Waals surface area (Å²) in [6.45, 7) is 2.91. The Bertz CT molecular complexity index is 721. The van der Waals surface area contributed by atoms with Gasteiger partial charge in [0.05, 0.1) is 22.9 Å². The molecule has 0 bridgehead atoms. The Morgan fingerprint density at radius 1 is 1.19 bits per heavy atom. The zero-order chi connectivity index (χ0) is 18.0. The third kappa shape index (κ3) is 3.09. The third-order valence-corrected chi connectivity index (χ3v) is 6.47. The Balaban J connectivity index is 1.70. The fourth-order valence-electron chi connectivity index (χ4n) is 5.08. The lowest BCUT2D eigenvalue weighted by atomic mass is 9.89. The quantitative estimate of drug-likeness (QED) is 0.762. The van der Waals surface area contributed by atoms with E-state index < -0.39 is 0 Å². The van der Waals surface area contributed by atoms with Crippen LogP contribution in [-0.4, -0.2) is 29.1 Å². The minimum atomic E-state index is 0.180. The van der Waals surface area contributed by atoms with Crippen molar-refractivity contribution in [1.29, 1.82) is 5.26 Å². The van der Waals surface area contributed by atoms with Gasteiger partial charge in [0.2, 0.25) is 0 Å². The molecular weight excluding hydrogens is 322 g/mol. The van der Waals surface area contributed by atoms with Crippen molar-refractivity contribution in [2.45, 2.75) is 82.7 Å². The molecule has 4 rings (SSSR count). The number of nitriles is 1. The van der Waals surface area contributed by atoms with E-state index in [1.54, 1.807) is 0 Å². The van der Waals surface area contributed by atoms with Gasteiger partial charge in [-0.15, -0.1) is 0 Å². The molecule has 1 aromatic carbocycles. The summed E-state index contributed by atoms with van der Waals surface area (Å²) in [5.41, 5.74) is 2.96. The smallest absolute Gasteiger partial charge is 0.293 e. The normalized spacial score (nSPS) is 24.2. The minimum Gasteiger partial charge on any atom is -0.462 e. The van der Waals surface area contributed by atoms with Crippen LogP contribution in [0.5, 0.6) is 0 Å². The molecule has 0 atom stereocenters. The van der Waals surface area contributed by atoms with E-state index in [0.717, 1.165) is 30.3 Å². The van der Waals surface area contributed by atoms with Gasteiger partial charge in [-0.05, 0) is 55.9 Å². The summed E-state index contributed by atoms with van der Waals surface area (Å²) >= 11 is 0. The number of amidine groups is 1. The lowest BCUT2D eigenvalue weighted by Gasteiger charge is -2.41. The summed E-state index contributed by atoms with van der Waals surface area (Å²) in [5, 5.41) is 9.17. The second kappa shape index (κ2) is 7.31. The van der Waals surface area contributed by atoms with Crippen LogP contribution in [-0.2, 0) is 11.2 Å². The Labute approximate surface area is 156 Å². The van der Waals surface area contributed by atoms with Crippen molar-refractivity contribution >= 4 is 11.7 Å². The molecule has 1 aliphatic heterocycles. The standard InChI is InChI=1S/C22H29N3O/c1-2-18-14-17(15-23)10-11-20(18)24-21-25(19-8-4-3-5-9-19)22(16-26-21)12-6-7-13-22/h10-11,14,19H,2-9,12-13,16H2,1H3. The number of hydrogen-bond acceptors (Lipinski definition) is 3. The van der Waals surface area contributed by atoms with Gasteiger partial charge in [-0.3, -0.25) is 0 Å². The van der Waals surface area contributed by atoms with E-state index in [9.17, 15) is 0 Å². The van der Waals surface area contributed by atoms with Gasteiger partial charge in [-0.1, -0.05) is 39.0 Å². The Hall–Kier alpha value is -2.02. The van der Waals surface area contributed by atoms with E-state index in [1.807, 2.05) is 18.2 Å². The Morgan fingerprint density at radius 2 is 1.96 bits per heavy atom. The number of aryl methyl sites for hydroxylation is 1. The highest BCUT2D eigenvalue weighted by Gasteiger charge is 2.50. The highest BCUT2D eigenvalue weighted by molar-refractivity contribution is 5.81. The van der Waals surface area contributed by atoms with Crippen LogP contribution in [0.15, 0.2) is 23.2 Å². The van der Waals surface area contributed by atoms with E-state index in [4.69, 9.17) is 15.0 Å². The topological polar surface area (TPSA) is 48.6 Å². The van der Waals surface area contributed by atoms with Crippen molar-refractivity contribution in [2.75, 3.05) is 6.61 Å². The molecule has 0 aromatic heterocycles. The summed E-state index contributed by atoms with van der Waals surface area (Å²) in [6, 6.07) is 9.45. The molecule has 0 unspecified atom stereocenters. The lowest BCUT2D eigenvalue weighted by Crippen LogP contribution is -2.51. The summed E-state index contributed by atoms with van der Waals surface area (Å²) < 4.78 is 6.23. The second-order valence-corrected chi connectivity index (χ2v) is 8.09. The van der Waals surface area contributed by atoms with Crippen LogP contribution in [0, 0.1) is 11.3 Å². The number of nitrogens with zero attached hydrogens (tertiary/aromatic N) is 3. The molecule has 3 fully saturated rings. The van der Waals surface area contributed by atoms with Crippen molar-refractivity contribution in [3.8, 4) is 6.07 Å². The monoisotopic (exact) mass is 351 g/mol. The van der Waals surface area contributed by atoms with E-state index in [1.165, 1.54) is 57.8 Å². The maximum atomic E-state index is 9.17. The summed E-state index contributed by atoms with van der Waals surface area (Å²) in [6.07, 6.45) is 12.5. The van der Waals surface area contributed by atoms with Gasteiger partial charge in [-0.25, -0.2) is 0 Å². The second-order valence-electron chi connectivity index (χ2n) is 8.09. The number of rotatable bonds is 3. The van der Waals surface area contributed by atoms with Crippen molar-refractivity contribution in [1.82, 2.24) is 4.90 Å². The first-order chi connectivity index (χ1) is 12.8. The number of aliphatic imine (C=N–C) groups is 1. The van der Waals surface area contributed by atoms with E-state index in [-0.39, 0.29) is 5.54 Å². The Morgan fingerprint density at radius 3 is 2.65 bits per heavy atom. The molecule has 1 heterocycles. The van der Waals surface area contributed by atoms with E-state index >= 15 is 0 Å². The molecular formula is C22H29N3O. The van der Waals surface area contributed by atoms with E-state index in [0.29, 0.717) is 11.6 Å². The molecule has 4 nitrogen and oxygen atoms in total. The molecule has 138 valence electrons. The van der Waals surface area contributed by atoms with Gasteiger partial charge in [0.15, 0.2) is 0 Å². The SMILES string of the molecule is CCc1cc(C#N)ccc1N=C1OCC2(CCCC2)N1C1CCCCC1. The minimum absolute atomic E-state index is 0.180. The van der Waals surface area contributed by atoms with Crippen molar-refractivity contribution in [3.05, 3.63) is 29.3 Å². The van der Waals surface area contributed by atoms with E-state index in [2.05, 4.69) is 17.9 Å². The summed E-state index contributed by atoms with van der Waals surface area (Å²) in [7, 11) is 0. The van der Waals surface area contributed by atoms with Crippen LogP contribution in [0.2, 0.25) is 0 Å². The lowest BCUT2D eigenvalue weighted by molar-refractivity contribution is 0.123. The molecule has 0 radical (unpaired) electrons. The highest BCUT2D eigenvalue weighted by Crippen LogP contribution is 2.44. The predicted molar refractivity (Wildman–Crippen MR) is 103 cm³/mol. The van der Waals surface area contributed by atoms with Crippen molar-refractivity contribution in [3.63, 3.8) is 0 Å². The van der Waals surface area contributed by atoms with Crippen LogP contribution >= 0.6 is 0 Å². The number of ether oxygens (including phenoxy) is 1. The van der Waals surface area contributed by atoms with Crippen LogP contribution in [0.25, 0.3) is 0 Å². The average molecular weight is 351 g/mol. The highest BCUT2D eigenvalue weighted by atomic mass is 16.5. The van der Waals surface area contributed by atoms with Gasteiger partial charge in [0, 0.05) is 6.04 Å². The molecule has 1 spiro atoms. The molecule has 3 aliphatic rings. The van der Waals surface area contributed by atoms with Crippen LogP contribution in [0.3, 0.4) is 0 Å². The molecule has 0 N–H and O–H groups in total. The molecule has 4 heteroatoms.